The van der Waals surface area contributed by atoms with Crippen molar-refractivity contribution >= 4 is 12.6 Å². The number of halogens is 3. The van der Waals surface area contributed by atoms with E-state index in [1.54, 1.807) is 0 Å². The Morgan fingerprint density at radius 2 is 1.73 bits per heavy atom. The first kappa shape index (κ1) is 8.26. The normalized spacial score (nSPS) is 10.2. The molecule has 11 heavy (non-hydrogen) atoms. The SMILES string of the molecule is Oc1cc(F)c(S)c(F)c1F. The molecule has 0 aromatic heterocycles. The van der Waals surface area contributed by atoms with Gasteiger partial charge in [-0.25, -0.2) is 8.78 Å². The zero-order valence-corrected chi connectivity index (χ0v) is 6.00. The van der Waals surface area contributed by atoms with Crippen molar-refractivity contribution in [1.29, 1.82) is 0 Å². The maximum absolute atomic E-state index is 12.4. The zero-order valence-electron chi connectivity index (χ0n) is 5.11. The molecular formula is C6H3F3OS. The van der Waals surface area contributed by atoms with Crippen molar-refractivity contribution in [2.24, 2.45) is 0 Å². The van der Waals surface area contributed by atoms with Gasteiger partial charge in [-0.05, 0) is 0 Å². The lowest BCUT2D eigenvalue weighted by Crippen LogP contribution is -1.90. The summed E-state index contributed by atoms with van der Waals surface area (Å²) in [4.78, 5) is -0.736. The van der Waals surface area contributed by atoms with Gasteiger partial charge in [0, 0.05) is 6.07 Å². The molecule has 0 heterocycles. The molecule has 0 aliphatic heterocycles. The minimum atomic E-state index is -1.49. The molecule has 1 aromatic carbocycles. The molecule has 0 saturated heterocycles. The molecular weight excluding hydrogens is 177 g/mol. The molecule has 1 nitrogen and oxygen atoms in total. The third-order valence-electron chi connectivity index (χ3n) is 1.12. The first-order valence-corrected chi connectivity index (χ1v) is 3.04. The highest BCUT2D eigenvalue weighted by molar-refractivity contribution is 7.80. The van der Waals surface area contributed by atoms with Gasteiger partial charge < -0.3 is 5.11 Å². The Kier molecular flexibility index (Phi) is 1.99. The molecule has 0 amide bonds. The van der Waals surface area contributed by atoms with E-state index in [1.165, 1.54) is 0 Å². The van der Waals surface area contributed by atoms with Crippen LogP contribution in [-0.2, 0) is 0 Å². The molecule has 1 N–H and O–H groups in total. The van der Waals surface area contributed by atoms with E-state index in [2.05, 4.69) is 12.6 Å². The maximum atomic E-state index is 12.4. The van der Waals surface area contributed by atoms with Crippen molar-refractivity contribution in [3.05, 3.63) is 23.5 Å². The van der Waals surface area contributed by atoms with Gasteiger partial charge in [-0.1, -0.05) is 0 Å². The van der Waals surface area contributed by atoms with Gasteiger partial charge in [0.05, 0.1) is 4.90 Å². The smallest absolute Gasteiger partial charge is 0.201 e. The summed E-state index contributed by atoms with van der Waals surface area (Å²) in [5, 5.41) is 8.52. The van der Waals surface area contributed by atoms with E-state index < -0.39 is 28.1 Å². The van der Waals surface area contributed by atoms with Gasteiger partial charge >= 0.3 is 0 Å². The monoisotopic (exact) mass is 180 g/mol. The molecule has 0 radical (unpaired) electrons. The third kappa shape index (κ3) is 1.28. The van der Waals surface area contributed by atoms with Gasteiger partial charge in [0.1, 0.15) is 5.82 Å². The Hall–Kier alpha value is -0.840. The van der Waals surface area contributed by atoms with Crippen molar-refractivity contribution in [2.75, 3.05) is 0 Å². The van der Waals surface area contributed by atoms with Crippen molar-refractivity contribution in [3.63, 3.8) is 0 Å². The van der Waals surface area contributed by atoms with Gasteiger partial charge in [-0.3, -0.25) is 0 Å². The summed E-state index contributed by atoms with van der Waals surface area (Å²) in [6, 6.07) is 0.459. The van der Waals surface area contributed by atoms with Crippen LogP contribution in [-0.4, -0.2) is 5.11 Å². The van der Waals surface area contributed by atoms with Crippen molar-refractivity contribution in [1.82, 2.24) is 0 Å². The zero-order chi connectivity index (χ0) is 8.59. The highest BCUT2D eigenvalue weighted by Crippen LogP contribution is 2.26. The van der Waals surface area contributed by atoms with Crippen molar-refractivity contribution in [2.45, 2.75) is 4.90 Å². The van der Waals surface area contributed by atoms with Crippen LogP contribution in [0.25, 0.3) is 0 Å². The van der Waals surface area contributed by atoms with Gasteiger partial charge in [-0.15, -0.1) is 12.6 Å². The van der Waals surface area contributed by atoms with E-state index >= 15 is 0 Å². The van der Waals surface area contributed by atoms with E-state index in [-0.39, 0.29) is 0 Å². The first-order valence-electron chi connectivity index (χ1n) is 2.59. The number of thiol groups is 1. The van der Waals surface area contributed by atoms with Gasteiger partial charge in [0.2, 0.25) is 5.82 Å². The van der Waals surface area contributed by atoms with E-state index in [1.807, 2.05) is 0 Å². The Morgan fingerprint density at radius 3 is 2.27 bits per heavy atom. The molecule has 1 rings (SSSR count). The van der Waals surface area contributed by atoms with Crippen molar-refractivity contribution in [3.8, 4) is 5.75 Å². The Labute approximate surface area is 65.9 Å². The molecule has 0 unspecified atom stereocenters. The average Bonchev–Trinajstić information content (AvgIpc) is 1.97. The summed E-state index contributed by atoms with van der Waals surface area (Å²) in [6.07, 6.45) is 0. The molecule has 0 spiro atoms. The molecule has 60 valence electrons. The van der Waals surface area contributed by atoms with Gasteiger partial charge in [0.25, 0.3) is 0 Å². The number of phenolic OH excluding ortho intramolecular Hbond substituents is 1. The molecule has 0 bridgehead atoms. The quantitative estimate of drug-likeness (QED) is 0.462. The van der Waals surface area contributed by atoms with E-state index in [0.717, 1.165) is 0 Å². The van der Waals surface area contributed by atoms with Gasteiger partial charge in [0.15, 0.2) is 11.6 Å². The van der Waals surface area contributed by atoms with E-state index in [9.17, 15) is 13.2 Å². The third-order valence-corrected chi connectivity index (χ3v) is 1.53. The number of rotatable bonds is 0. The number of phenols is 1. The fraction of sp³-hybridized carbons (Fsp3) is 0. The fourth-order valence-corrected chi connectivity index (χ4v) is 0.736. The van der Waals surface area contributed by atoms with E-state index in [0.29, 0.717) is 6.07 Å². The highest BCUT2D eigenvalue weighted by atomic mass is 32.1. The molecule has 0 saturated carbocycles. The molecule has 0 aliphatic carbocycles. The predicted octanol–water partition coefficient (Wildman–Crippen LogP) is 2.10. The fourth-order valence-electron chi connectivity index (χ4n) is 0.573. The van der Waals surface area contributed by atoms with Crippen molar-refractivity contribution < 1.29 is 18.3 Å². The van der Waals surface area contributed by atoms with Crippen LogP contribution in [0.4, 0.5) is 13.2 Å². The first-order chi connectivity index (χ1) is 5.04. The summed E-state index contributed by atoms with van der Waals surface area (Å²) < 4.78 is 37.1. The Balaban J connectivity index is 3.46. The van der Waals surface area contributed by atoms with Crippen LogP contribution in [0.2, 0.25) is 0 Å². The minimum absolute atomic E-state index is 0.459. The maximum Gasteiger partial charge on any atom is 0.201 e. The Morgan fingerprint density at radius 1 is 1.18 bits per heavy atom. The highest BCUT2D eigenvalue weighted by Gasteiger charge is 2.15. The average molecular weight is 180 g/mol. The number of benzene rings is 1. The summed E-state index contributed by atoms with van der Waals surface area (Å²) >= 11 is 3.33. The topological polar surface area (TPSA) is 20.2 Å². The van der Waals surface area contributed by atoms with E-state index in [4.69, 9.17) is 5.11 Å². The summed E-state index contributed by atoms with van der Waals surface area (Å²) in [5.74, 6) is -5.12. The van der Waals surface area contributed by atoms with Gasteiger partial charge in [-0.2, -0.15) is 4.39 Å². The molecule has 0 aliphatic rings. The number of hydrogen-bond donors (Lipinski definition) is 2. The Bertz CT molecular complexity index is 274. The van der Waals surface area contributed by atoms with Crippen LogP contribution in [0.15, 0.2) is 11.0 Å². The second-order valence-corrected chi connectivity index (χ2v) is 2.30. The minimum Gasteiger partial charge on any atom is -0.505 e. The lowest BCUT2D eigenvalue weighted by Gasteiger charge is -2.00. The predicted molar refractivity (Wildman–Crippen MR) is 35.2 cm³/mol. The lowest BCUT2D eigenvalue weighted by molar-refractivity contribution is 0.388. The van der Waals surface area contributed by atoms with Crippen LogP contribution in [0.5, 0.6) is 5.75 Å². The van der Waals surface area contributed by atoms with Crippen LogP contribution in [0.1, 0.15) is 0 Å². The second-order valence-electron chi connectivity index (χ2n) is 1.85. The molecule has 0 fully saturated rings. The molecule has 0 atom stereocenters. The summed E-state index contributed by atoms with van der Waals surface area (Å²) in [6.45, 7) is 0. The van der Waals surface area contributed by atoms with Crippen LogP contribution in [0.3, 0.4) is 0 Å². The molecule has 5 heteroatoms. The summed E-state index contributed by atoms with van der Waals surface area (Å²) in [5.41, 5.74) is 0. The summed E-state index contributed by atoms with van der Waals surface area (Å²) in [7, 11) is 0. The lowest BCUT2D eigenvalue weighted by atomic mass is 10.3. The van der Waals surface area contributed by atoms with Crippen LogP contribution < -0.4 is 0 Å². The van der Waals surface area contributed by atoms with Crippen LogP contribution >= 0.6 is 12.6 Å². The standard InChI is InChI=1S/C6H3F3OS/c7-2-1-3(10)4(8)5(9)6(2)11/h1,10-11H. The molecule has 1 aromatic rings. The largest absolute Gasteiger partial charge is 0.505 e. The number of aromatic hydroxyl groups is 1. The number of hydrogen-bond acceptors (Lipinski definition) is 2. The second kappa shape index (κ2) is 2.65. The van der Waals surface area contributed by atoms with Crippen LogP contribution in [0, 0.1) is 17.5 Å².